The molecule has 0 saturated carbocycles. The highest BCUT2D eigenvalue weighted by molar-refractivity contribution is 6.09. The van der Waals surface area contributed by atoms with Crippen LogP contribution in [0.1, 0.15) is 11.1 Å². The molecule has 0 N–H and O–H groups in total. The standard InChI is InChI=1S/C13H11NO/c1-14-13-11-7-3-5-9-4-2-6-10(8-15-13)12(9)11/h2-7H,8H2,1H3. The highest BCUT2D eigenvalue weighted by Crippen LogP contribution is 2.28. The molecule has 2 heteroatoms. The van der Waals surface area contributed by atoms with Gasteiger partial charge in [-0.3, -0.25) is 4.99 Å². The van der Waals surface area contributed by atoms with E-state index in [1.165, 1.54) is 16.3 Å². The van der Waals surface area contributed by atoms with Crippen LogP contribution in [0.15, 0.2) is 41.4 Å². The highest BCUT2D eigenvalue weighted by atomic mass is 16.5. The molecule has 0 unspecified atom stereocenters. The van der Waals surface area contributed by atoms with Gasteiger partial charge in [0.05, 0.1) is 0 Å². The average Bonchev–Trinajstić information content (AvgIpc) is 2.30. The molecule has 2 aromatic carbocycles. The lowest BCUT2D eigenvalue weighted by atomic mass is 9.98. The van der Waals surface area contributed by atoms with E-state index in [1.807, 2.05) is 6.07 Å². The largest absolute Gasteiger partial charge is 0.473 e. The van der Waals surface area contributed by atoms with E-state index in [1.54, 1.807) is 7.05 Å². The molecule has 15 heavy (non-hydrogen) atoms. The maximum Gasteiger partial charge on any atom is 0.216 e. The quantitative estimate of drug-likeness (QED) is 0.636. The summed E-state index contributed by atoms with van der Waals surface area (Å²) in [6.07, 6.45) is 0. The fraction of sp³-hybridized carbons (Fsp3) is 0.154. The Bertz CT molecular complexity index is 552. The molecule has 3 rings (SSSR count). The van der Waals surface area contributed by atoms with E-state index in [0.29, 0.717) is 6.61 Å². The second-order valence-corrected chi connectivity index (χ2v) is 3.64. The van der Waals surface area contributed by atoms with Gasteiger partial charge in [0.1, 0.15) is 6.61 Å². The third-order valence-electron chi connectivity index (χ3n) is 2.79. The molecule has 2 aromatic rings. The molecule has 1 aliphatic heterocycles. The molecular formula is C13H11NO. The monoisotopic (exact) mass is 197 g/mol. The topological polar surface area (TPSA) is 21.6 Å². The predicted octanol–water partition coefficient (Wildman–Crippen LogP) is 2.75. The van der Waals surface area contributed by atoms with Gasteiger partial charge in [0.25, 0.3) is 0 Å². The Morgan fingerprint density at radius 3 is 2.73 bits per heavy atom. The van der Waals surface area contributed by atoms with Gasteiger partial charge >= 0.3 is 0 Å². The summed E-state index contributed by atoms with van der Waals surface area (Å²) in [7, 11) is 1.77. The van der Waals surface area contributed by atoms with E-state index in [0.717, 1.165) is 11.5 Å². The van der Waals surface area contributed by atoms with Crippen LogP contribution < -0.4 is 0 Å². The second-order valence-electron chi connectivity index (χ2n) is 3.64. The van der Waals surface area contributed by atoms with Crippen molar-refractivity contribution in [3.8, 4) is 0 Å². The van der Waals surface area contributed by atoms with Crippen LogP contribution in [-0.4, -0.2) is 12.9 Å². The van der Waals surface area contributed by atoms with Gasteiger partial charge in [-0.2, -0.15) is 0 Å². The van der Waals surface area contributed by atoms with Gasteiger partial charge < -0.3 is 4.74 Å². The van der Waals surface area contributed by atoms with Crippen LogP contribution in [0.4, 0.5) is 0 Å². The Hall–Kier alpha value is -1.83. The van der Waals surface area contributed by atoms with Gasteiger partial charge in [-0.25, -0.2) is 0 Å². The summed E-state index contributed by atoms with van der Waals surface area (Å²) in [5, 5.41) is 2.54. The van der Waals surface area contributed by atoms with Gasteiger partial charge in [0, 0.05) is 18.0 Å². The molecule has 0 amide bonds. The number of nitrogens with zero attached hydrogens (tertiary/aromatic N) is 1. The summed E-state index contributed by atoms with van der Waals surface area (Å²) in [5.74, 6) is 0.749. The average molecular weight is 197 g/mol. The molecule has 1 aliphatic rings. The lowest BCUT2D eigenvalue weighted by Crippen LogP contribution is -2.13. The third kappa shape index (κ3) is 1.14. The molecule has 0 spiro atoms. The SMILES string of the molecule is CN=C1OCc2cccc3cccc1c23. The van der Waals surface area contributed by atoms with Crippen molar-refractivity contribution >= 4 is 16.7 Å². The summed E-state index contributed by atoms with van der Waals surface area (Å²) >= 11 is 0. The third-order valence-corrected chi connectivity index (χ3v) is 2.79. The van der Waals surface area contributed by atoms with E-state index < -0.39 is 0 Å². The zero-order valence-electron chi connectivity index (χ0n) is 8.53. The van der Waals surface area contributed by atoms with Crippen molar-refractivity contribution in [3.05, 3.63) is 47.5 Å². The Morgan fingerprint density at radius 2 is 1.93 bits per heavy atom. The van der Waals surface area contributed by atoms with Crippen molar-refractivity contribution in [1.82, 2.24) is 0 Å². The number of rotatable bonds is 0. The molecule has 1 heterocycles. The maximum absolute atomic E-state index is 5.59. The summed E-state index contributed by atoms with van der Waals surface area (Å²) < 4.78 is 5.59. The van der Waals surface area contributed by atoms with Crippen molar-refractivity contribution < 1.29 is 4.74 Å². The van der Waals surface area contributed by atoms with Crippen LogP contribution in [0.25, 0.3) is 10.8 Å². The Labute approximate surface area is 88.2 Å². The van der Waals surface area contributed by atoms with Crippen LogP contribution in [0.3, 0.4) is 0 Å². The first-order valence-electron chi connectivity index (χ1n) is 5.01. The molecular weight excluding hydrogens is 186 g/mol. The lowest BCUT2D eigenvalue weighted by Gasteiger charge is -2.19. The Kier molecular flexibility index (Phi) is 1.75. The van der Waals surface area contributed by atoms with Gasteiger partial charge in [-0.05, 0) is 17.0 Å². The molecule has 0 aliphatic carbocycles. The second kappa shape index (κ2) is 3.09. The summed E-state index contributed by atoms with van der Waals surface area (Å²) in [5.41, 5.74) is 2.35. The molecule has 74 valence electrons. The molecule has 2 nitrogen and oxygen atoms in total. The van der Waals surface area contributed by atoms with Gasteiger partial charge in [0.15, 0.2) is 0 Å². The first-order valence-corrected chi connectivity index (χ1v) is 5.01. The van der Waals surface area contributed by atoms with E-state index in [-0.39, 0.29) is 0 Å². The number of benzene rings is 2. The zero-order chi connectivity index (χ0) is 10.3. The number of hydrogen-bond acceptors (Lipinski definition) is 2. The minimum atomic E-state index is 0.626. The first-order chi connectivity index (χ1) is 7.40. The van der Waals surface area contributed by atoms with Gasteiger partial charge in [-0.15, -0.1) is 0 Å². The summed E-state index contributed by atoms with van der Waals surface area (Å²) in [4.78, 5) is 4.17. The molecule has 0 bridgehead atoms. The smallest absolute Gasteiger partial charge is 0.216 e. The number of ether oxygens (including phenoxy) is 1. The molecule has 0 saturated heterocycles. The van der Waals surface area contributed by atoms with E-state index in [2.05, 4.69) is 35.3 Å². The number of aliphatic imine (C=N–C) groups is 1. The number of hydrogen-bond donors (Lipinski definition) is 0. The fourth-order valence-corrected chi connectivity index (χ4v) is 2.13. The molecule has 0 radical (unpaired) electrons. The fourth-order valence-electron chi connectivity index (χ4n) is 2.13. The first kappa shape index (κ1) is 8.48. The van der Waals surface area contributed by atoms with Crippen LogP contribution in [0.5, 0.6) is 0 Å². The normalized spacial score (nSPS) is 16.7. The minimum absolute atomic E-state index is 0.626. The van der Waals surface area contributed by atoms with Crippen molar-refractivity contribution in [2.75, 3.05) is 7.05 Å². The predicted molar refractivity (Wildman–Crippen MR) is 61.2 cm³/mol. The Balaban J connectivity index is 2.46. The van der Waals surface area contributed by atoms with E-state index >= 15 is 0 Å². The summed E-state index contributed by atoms with van der Waals surface area (Å²) in [6.45, 7) is 0.626. The van der Waals surface area contributed by atoms with Crippen molar-refractivity contribution in [1.29, 1.82) is 0 Å². The summed E-state index contributed by atoms with van der Waals surface area (Å²) in [6, 6.07) is 12.5. The van der Waals surface area contributed by atoms with Crippen LogP contribution in [0.2, 0.25) is 0 Å². The van der Waals surface area contributed by atoms with Crippen molar-refractivity contribution in [2.24, 2.45) is 4.99 Å². The zero-order valence-corrected chi connectivity index (χ0v) is 8.53. The molecule has 0 aromatic heterocycles. The lowest BCUT2D eigenvalue weighted by molar-refractivity contribution is 0.291. The van der Waals surface area contributed by atoms with Crippen LogP contribution in [-0.2, 0) is 11.3 Å². The van der Waals surface area contributed by atoms with Gasteiger partial charge in [-0.1, -0.05) is 30.3 Å². The van der Waals surface area contributed by atoms with E-state index in [4.69, 9.17) is 4.74 Å². The van der Waals surface area contributed by atoms with Crippen molar-refractivity contribution in [3.63, 3.8) is 0 Å². The van der Waals surface area contributed by atoms with Crippen molar-refractivity contribution in [2.45, 2.75) is 6.61 Å². The van der Waals surface area contributed by atoms with E-state index in [9.17, 15) is 0 Å². The Morgan fingerprint density at radius 1 is 1.13 bits per heavy atom. The van der Waals surface area contributed by atoms with Crippen LogP contribution >= 0.6 is 0 Å². The minimum Gasteiger partial charge on any atom is -0.473 e. The van der Waals surface area contributed by atoms with Gasteiger partial charge in [0.2, 0.25) is 5.90 Å². The maximum atomic E-state index is 5.59. The van der Waals surface area contributed by atoms with Crippen LogP contribution in [0, 0.1) is 0 Å². The molecule has 0 atom stereocenters. The highest BCUT2D eigenvalue weighted by Gasteiger charge is 2.17. The molecule has 0 fully saturated rings.